The fourth-order valence-electron chi connectivity index (χ4n) is 3.46. The molecule has 1 heterocycles. The van der Waals surface area contributed by atoms with E-state index in [1.165, 1.54) is 17.7 Å². The number of ether oxygens (including phenoxy) is 1. The standard InChI is InChI=1S/C23H35ClN2O3S/c1-23(2,3)29-22(28)26-13-11-17(12-14-26)8-6-7-15-30-18-9-10-19(20(24)16-18)21(27)25(4)5/h9-10,16-17H,6-8,11-15H2,1-5H3. The zero-order valence-electron chi connectivity index (χ0n) is 18.9. The number of benzene rings is 1. The largest absolute Gasteiger partial charge is 0.444 e. The molecule has 1 aromatic carbocycles. The van der Waals surface area contributed by atoms with E-state index in [4.69, 9.17) is 16.3 Å². The normalized spacial score (nSPS) is 15.2. The third kappa shape index (κ3) is 8.03. The molecule has 0 spiro atoms. The predicted octanol–water partition coefficient (Wildman–Crippen LogP) is 5.95. The van der Waals surface area contributed by atoms with Crippen molar-refractivity contribution in [2.24, 2.45) is 5.92 Å². The van der Waals surface area contributed by atoms with Crippen molar-refractivity contribution in [3.63, 3.8) is 0 Å². The Morgan fingerprint density at radius 2 is 1.87 bits per heavy atom. The summed E-state index contributed by atoms with van der Waals surface area (Å²) in [5.41, 5.74) is 0.113. The van der Waals surface area contributed by atoms with Gasteiger partial charge >= 0.3 is 6.09 Å². The van der Waals surface area contributed by atoms with Gasteiger partial charge in [-0.25, -0.2) is 4.79 Å². The molecule has 2 amide bonds. The molecule has 0 saturated carbocycles. The van der Waals surface area contributed by atoms with E-state index in [1.807, 2.05) is 43.9 Å². The number of nitrogens with zero attached hydrogens (tertiary/aromatic N) is 2. The van der Waals surface area contributed by atoms with Crippen LogP contribution in [0.3, 0.4) is 0 Å². The summed E-state index contributed by atoms with van der Waals surface area (Å²) in [4.78, 5) is 28.7. The van der Waals surface area contributed by atoms with Gasteiger partial charge in [0.25, 0.3) is 5.91 Å². The Bertz CT molecular complexity index is 726. The smallest absolute Gasteiger partial charge is 0.410 e. The lowest BCUT2D eigenvalue weighted by molar-refractivity contribution is 0.0180. The van der Waals surface area contributed by atoms with Gasteiger partial charge in [0, 0.05) is 32.1 Å². The monoisotopic (exact) mass is 454 g/mol. The van der Waals surface area contributed by atoms with E-state index in [-0.39, 0.29) is 12.0 Å². The highest BCUT2D eigenvalue weighted by molar-refractivity contribution is 7.99. The number of hydrogen-bond donors (Lipinski definition) is 0. The van der Waals surface area contributed by atoms with Crippen LogP contribution >= 0.6 is 23.4 Å². The molecule has 1 aliphatic rings. The first-order valence-corrected chi connectivity index (χ1v) is 12.0. The van der Waals surface area contributed by atoms with Crippen molar-refractivity contribution >= 4 is 35.4 Å². The minimum Gasteiger partial charge on any atom is -0.444 e. The second-order valence-corrected chi connectivity index (χ2v) is 10.7. The molecular weight excluding hydrogens is 420 g/mol. The quantitative estimate of drug-likeness (QED) is 0.377. The summed E-state index contributed by atoms with van der Waals surface area (Å²) in [6, 6.07) is 5.67. The molecule has 0 aliphatic carbocycles. The molecule has 0 unspecified atom stereocenters. The number of thioether (sulfide) groups is 1. The number of rotatable bonds is 7. The number of carbonyl (C=O) groups excluding carboxylic acids is 2. The van der Waals surface area contributed by atoms with Crippen molar-refractivity contribution < 1.29 is 14.3 Å². The van der Waals surface area contributed by atoms with Gasteiger partial charge in [0.1, 0.15) is 5.60 Å². The molecule has 0 atom stereocenters. The van der Waals surface area contributed by atoms with Crippen LogP contribution in [0.1, 0.15) is 63.2 Å². The lowest BCUT2D eigenvalue weighted by atomic mass is 9.92. The van der Waals surface area contributed by atoms with Crippen molar-refractivity contribution in [2.75, 3.05) is 32.9 Å². The van der Waals surface area contributed by atoms with Crippen LogP contribution in [0.15, 0.2) is 23.1 Å². The molecule has 2 rings (SSSR count). The van der Waals surface area contributed by atoms with Crippen LogP contribution in [0.5, 0.6) is 0 Å². The van der Waals surface area contributed by atoms with Crippen LogP contribution in [-0.4, -0.2) is 60.3 Å². The van der Waals surface area contributed by atoms with Crippen LogP contribution in [0.4, 0.5) is 4.79 Å². The van der Waals surface area contributed by atoms with E-state index < -0.39 is 5.60 Å². The number of piperidine rings is 1. The maximum Gasteiger partial charge on any atom is 0.410 e. The summed E-state index contributed by atoms with van der Waals surface area (Å²) in [7, 11) is 3.45. The molecule has 1 saturated heterocycles. The van der Waals surface area contributed by atoms with Crippen LogP contribution < -0.4 is 0 Å². The first kappa shape index (κ1) is 24.9. The molecule has 0 bridgehead atoms. The van der Waals surface area contributed by atoms with Gasteiger partial charge in [0.05, 0.1) is 10.6 Å². The van der Waals surface area contributed by atoms with Crippen LogP contribution in [0.25, 0.3) is 0 Å². The number of unbranched alkanes of at least 4 members (excludes halogenated alkanes) is 1. The van der Waals surface area contributed by atoms with Gasteiger partial charge < -0.3 is 14.5 Å². The van der Waals surface area contributed by atoms with Gasteiger partial charge in [-0.15, -0.1) is 11.8 Å². The van der Waals surface area contributed by atoms with Gasteiger partial charge in [-0.2, -0.15) is 0 Å². The Labute approximate surface area is 190 Å². The summed E-state index contributed by atoms with van der Waals surface area (Å²) in [6.07, 6.45) is 5.48. The molecule has 0 aromatic heterocycles. The molecule has 5 nitrogen and oxygen atoms in total. The zero-order valence-corrected chi connectivity index (χ0v) is 20.4. The number of amides is 2. The topological polar surface area (TPSA) is 49.9 Å². The van der Waals surface area contributed by atoms with Crippen molar-refractivity contribution in [1.82, 2.24) is 9.80 Å². The van der Waals surface area contributed by atoms with Gasteiger partial charge in [-0.3, -0.25) is 4.79 Å². The summed E-state index contributed by atoms with van der Waals surface area (Å²) >= 11 is 8.06. The maximum atomic E-state index is 12.1. The molecule has 168 valence electrons. The average molecular weight is 455 g/mol. The van der Waals surface area contributed by atoms with Crippen molar-refractivity contribution in [2.45, 2.75) is 63.4 Å². The van der Waals surface area contributed by atoms with Crippen molar-refractivity contribution in [3.05, 3.63) is 28.8 Å². The fraction of sp³-hybridized carbons (Fsp3) is 0.652. The second kappa shape index (κ2) is 11.3. The lowest BCUT2D eigenvalue weighted by Crippen LogP contribution is -2.41. The van der Waals surface area contributed by atoms with E-state index in [1.54, 1.807) is 25.9 Å². The molecule has 7 heteroatoms. The minimum absolute atomic E-state index is 0.0748. The summed E-state index contributed by atoms with van der Waals surface area (Å²) in [5, 5.41) is 0.510. The third-order valence-corrected chi connectivity index (χ3v) is 6.51. The highest BCUT2D eigenvalue weighted by Gasteiger charge is 2.26. The number of likely N-dealkylation sites (tertiary alicyclic amines) is 1. The predicted molar refractivity (Wildman–Crippen MR) is 125 cm³/mol. The van der Waals surface area contributed by atoms with E-state index in [0.29, 0.717) is 16.5 Å². The number of halogens is 1. The Morgan fingerprint density at radius 3 is 2.43 bits per heavy atom. The third-order valence-electron chi connectivity index (χ3n) is 5.12. The van der Waals surface area contributed by atoms with Crippen LogP contribution in [0.2, 0.25) is 5.02 Å². The Balaban J connectivity index is 1.64. The summed E-state index contributed by atoms with van der Waals surface area (Å²) in [6.45, 7) is 7.31. The Kier molecular flexibility index (Phi) is 9.35. The Morgan fingerprint density at radius 1 is 1.20 bits per heavy atom. The first-order chi connectivity index (χ1) is 14.1. The van der Waals surface area contributed by atoms with E-state index in [2.05, 4.69) is 0 Å². The van der Waals surface area contributed by atoms with E-state index in [0.717, 1.165) is 43.0 Å². The highest BCUT2D eigenvalue weighted by Crippen LogP contribution is 2.28. The Hall–Kier alpha value is -1.40. The summed E-state index contributed by atoms with van der Waals surface area (Å²) < 4.78 is 5.46. The number of hydrogen-bond acceptors (Lipinski definition) is 4. The lowest BCUT2D eigenvalue weighted by Gasteiger charge is -2.33. The maximum absolute atomic E-state index is 12.1. The molecule has 1 fully saturated rings. The van der Waals surface area contributed by atoms with E-state index >= 15 is 0 Å². The first-order valence-electron chi connectivity index (χ1n) is 10.7. The highest BCUT2D eigenvalue weighted by atomic mass is 35.5. The summed E-state index contributed by atoms with van der Waals surface area (Å²) in [5.74, 6) is 1.65. The molecular formula is C23H35ClN2O3S. The molecule has 30 heavy (non-hydrogen) atoms. The molecule has 1 aromatic rings. The van der Waals surface area contributed by atoms with Crippen LogP contribution in [-0.2, 0) is 4.74 Å². The second-order valence-electron chi connectivity index (χ2n) is 9.10. The molecule has 0 N–H and O–H groups in total. The molecule has 0 radical (unpaired) electrons. The van der Waals surface area contributed by atoms with Gasteiger partial charge in [0.2, 0.25) is 0 Å². The van der Waals surface area contributed by atoms with E-state index in [9.17, 15) is 9.59 Å². The number of carbonyl (C=O) groups is 2. The molecule has 1 aliphatic heterocycles. The fourth-order valence-corrected chi connectivity index (χ4v) is 4.73. The van der Waals surface area contributed by atoms with Gasteiger partial charge in [0.15, 0.2) is 0 Å². The SMILES string of the molecule is CN(C)C(=O)c1ccc(SCCCCC2CCN(C(=O)OC(C)(C)C)CC2)cc1Cl. The van der Waals surface area contributed by atoms with Gasteiger partial charge in [-0.05, 0) is 69.9 Å². The van der Waals surface area contributed by atoms with Gasteiger partial charge in [-0.1, -0.05) is 24.4 Å². The van der Waals surface area contributed by atoms with Crippen molar-refractivity contribution in [1.29, 1.82) is 0 Å². The average Bonchev–Trinajstić information content (AvgIpc) is 2.66. The zero-order chi connectivity index (χ0) is 22.3. The minimum atomic E-state index is -0.433. The van der Waals surface area contributed by atoms with Crippen molar-refractivity contribution in [3.8, 4) is 0 Å². The van der Waals surface area contributed by atoms with Crippen LogP contribution in [0, 0.1) is 5.92 Å².